The van der Waals surface area contributed by atoms with Gasteiger partial charge in [0.25, 0.3) is 0 Å². The lowest BCUT2D eigenvalue weighted by Crippen LogP contribution is -2.32. The van der Waals surface area contributed by atoms with Gasteiger partial charge in [-0.05, 0) is 61.7 Å². The van der Waals surface area contributed by atoms with Gasteiger partial charge >= 0.3 is 0 Å². The van der Waals surface area contributed by atoms with Crippen molar-refractivity contribution in [2.75, 3.05) is 26.9 Å². The first kappa shape index (κ1) is 26.3. The number of methoxy groups -OCH3 is 1. The molecular formula is C30H32N2O4S2. The summed E-state index contributed by atoms with van der Waals surface area (Å²) in [5.74, 6) is 2.39. The maximum atomic E-state index is 13.3. The standard InChI is InChI=1S/C30H32N2O4S2/c1-20-8-10-28(38-20)23-16-24-18-32(29(33)11-9-22-6-4-5-7-25(22)34-3)13-15-36-30(24)26(17-23)35-14-12-27-21(2)31-19-37-27/h4-8,10,16-17,19H,9,11-15,18H2,1-3H3. The van der Waals surface area contributed by atoms with Crippen molar-refractivity contribution in [3.05, 3.63) is 80.6 Å². The Balaban J connectivity index is 1.36. The molecule has 4 aromatic rings. The van der Waals surface area contributed by atoms with Crippen LogP contribution in [-0.2, 0) is 24.2 Å². The lowest BCUT2D eigenvalue weighted by atomic mass is 10.1. The van der Waals surface area contributed by atoms with E-state index in [0.29, 0.717) is 39.1 Å². The van der Waals surface area contributed by atoms with Crippen LogP contribution in [0.5, 0.6) is 17.2 Å². The van der Waals surface area contributed by atoms with E-state index >= 15 is 0 Å². The largest absolute Gasteiger partial charge is 0.496 e. The number of aromatic nitrogens is 1. The molecule has 38 heavy (non-hydrogen) atoms. The van der Waals surface area contributed by atoms with Gasteiger partial charge in [0.15, 0.2) is 11.5 Å². The molecule has 1 amide bonds. The molecular weight excluding hydrogens is 516 g/mol. The fourth-order valence-corrected chi connectivity index (χ4v) is 6.28. The zero-order valence-electron chi connectivity index (χ0n) is 22.0. The third kappa shape index (κ3) is 6.03. The van der Waals surface area contributed by atoms with Crippen LogP contribution in [0.4, 0.5) is 0 Å². The average molecular weight is 549 g/mol. The molecule has 0 fully saturated rings. The molecule has 0 spiro atoms. The predicted octanol–water partition coefficient (Wildman–Crippen LogP) is 6.47. The quantitative estimate of drug-likeness (QED) is 0.240. The Morgan fingerprint density at radius 1 is 1.11 bits per heavy atom. The summed E-state index contributed by atoms with van der Waals surface area (Å²) in [6.07, 6.45) is 1.84. The van der Waals surface area contributed by atoms with Crippen LogP contribution in [0.15, 0.2) is 54.0 Å². The Kier molecular flexibility index (Phi) is 8.29. The van der Waals surface area contributed by atoms with Crippen LogP contribution in [0.2, 0.25) is 0 Å². The van der Waals surface area contributed by atoms with Crippen molar-refractivity contribution in [1.29, 1.82) is 0 Å². The van der Waals surface area contributed by atoms with Crippen molar-refractivity contribution in [3.8, 4) is 27.7 Å². The molecule has 198 valence electrons. The van der Waals surface area contributed by atoms with E-state index in [1.165, 1.54) is 14.6 Å². The molecule has 0 saturated carbocycles. The summed E-state index contributed by atoms with van der Waals surface area (Å²) in [6, 6.07) is 16.3. The molecule has 0 N–H and O–H groups in total. The SMILES string of the molecule is COc1ccccc1CCC(=O)N1CCOc2c(cc(-c3ccc(C)s3)cc2OCCc2scnc2C)C1. The van der Waals surface area contributed by atoms with Crippen LogP contribution in [0.1, 0.15) is 33.0 Å². The number of aryl methyl sites for hydroxylation is 3. The molecule has 2 aromatic carbocycles. The third-order valence-corrected chi connectivity index (χ3v) is 8.76. The van der Waals surface area contributed by atoms with E-state index in [2.05, 4.69) is 36.2 Å². The van der Waals surface area contributed by atoms with Crippen molar-refractivity contribution < 1.29 is 19.0 Å². The molecule has 3 heterocycles. The molecule has 5 rings (SSSR count). The van der Waals surface area contributed by atoms with Crippen LogP contribution in [0, 0.1) is 13.8 Å². The Morgan fingerprint density at radius 2 is 1.97 bits per heavy atom. The third-order valence-electron chi connectivity index (χ3n) is 6.71. The fraction of sp³-hybridized carbons (Fsp3) is 0.333. The highest BCUT2D eigenvalue weighted by molar-refractivity contribution is 7.15. The number of para-hydroxylation sites is 1. The lowest BCUT2D eigenvalue weighted by Gasteiger charge is -2.21. The number of carbonyl (C=O) groups is 1. The Morgan fingerprint density at radius 3 is 2.74 bits per heavy atom. The predicted molar refractivity (Wildman–Crippen MR) is 153 cm³/mol. The zero-order chi connectivity index (χ0) is 26.5. The number of ether oxygens (including phenoxy) is 3. The second kappa shape index (κ2) is 12.0. The van der Waals surface area contributed by atoms with E-state index in [-0.39, 0.29) is 5.91 Å². The summed E-state index contributed by atoms with van der Waals surface area (Å²) in [5, 5.41) is 0. The van der Waals surface area contributed by atoms with Crippen LogP contribution >= 0.6 is 22.7 Å². The molecule has 0 atom stereocenters. The monoisotopic (exact) mass is 548 g/mol. The second-order valence-corrected chi connectivity index (χ2v) is 11.5. The van der Waals surface area contributed by atoms with Gasteiger partial charge in [0.05, 0.1) is 31.5 Å². The number of benzene rings is 2. The van der Waals surface area contributed by atoms with Gasteiger partial charge in [-0.1, -0.05) is 18.2 Å². The van der Waals surface area contributed by atoms with Crippen LogP contribution in [0.25, 0.3) is 10.4 Å². The number of carbonyl (C=O) groups excluding carboxylic acids is 1. The molecule has 0 aliphatic carbocycles. The topological polar surface area (TPSA) is 60.9 Å². The molecule has 8 heteroatoms. The van der Waals surface area contributed by atoms with Gasteiger partial charge in [-0.15, -0.1) is 22.7 Å². The summed E-state index contributed by atoms with van der Waals surface area (Å²) >= 11 is 3.41. The van der Waals surface area contributed by atoms with Crippen molar-refractivity contribution in [3.63, 3.8) is 0 Å². The number of rotatable bonds is 9. The molecule has 1 aliphatic rings. The minimum atomic E-state index is 0.105. The van der Waals surface area contributed by atoms with Crippen molar-refractivity contribution in [2.24, 2.45) is 0 Å². The summed E-state index contributed by atoms with van der Waals surface area (Å²) < 4.78 is 18.0. The molecule has 0 bridgehead atoms. The van der Waals surface area contributed by atoms with E-state index in [1.54, 1.807) is 29.8 Å². The zero-order valence-corrected chi connectivity index (χ0v) is 23.6. The van der Waals surface area contributed by atoms with Gasteiger partial charge in [0.2, 0.25) is 5.91 Å². The van der Waals surface area contributed by atoms with Crippen molar-refractivity contribution >= 4 is 28.6 Å². The average Bonchev–Trinajstić information content (AvgIpc) is 3.48. The molecule has 1 aliphatic heterocycles. The Bertz CT molecular complexity index is 1410. The molecule has 2 aromatic heterocycles. The normalized spacial score (nSPS) is 13.0. The number of hydrogen-bond donors (Lipinski definition) is 0. The number of thiophene rings is 1. The van der Waals surface area contributed by atoms with E-state index in [4.69, 9.17) is 14.2 Å². The van der Waals surface area contributed by atoms with Crippen LogP contribution in [-0.4, -0.2) is 42.7 Å². The Hall–Kier alpha value is -3.36. The number of hydrogen-bond acceptors (Lipinski definition) is 7. The smallest absolute Gasteiger partial charge is 0.223 e. The summed E-state index contributed by atoms with van der Waals surface area (Å²) in [6.45, 7) is 6.12. The second-order valence-electron chi connectivity index (χ2n) is 9.31. The summed E-state index contributed by atoms with van der Waals surface area (Å²) in [4.78, 5) is 23.2. The number of thiazole rings is 1. The number of nitrogens with zero attached hydrogens (tertiary/aromatic N) is 2. The van der Waals surface area contributed by atoms with Crippen molar-refractivity contribution in [2.45, 2.75) is 39.7 Å². The van der Waals surface area contributed by atoms with E-state index < -0.39 is 0 Å². The highest BCUT2D eigenvalue weighted by Gasteiger charge is 2.24. The molecule has 6 nitrogen and oxygen atoms in total. The number of fused-ring (bicyclic) bond motifs is 1. The first-order chi connectivity index (χ1) is 18.5. The fourth-order valence-electron chi connectivity index (χ4n) is 4.66. The minimum absolute atomic E-state index is 0.105. The maximum Gasteiger partial charge on any atom is 0.223 e. The van der Waals surface area contributed by atoms with Crippen LogP contribution in [0.3, 0.4) is 0 Å². The van der Waals surface area contributed by atoms with Crippen LogP contribution < -0.4 is 14.2 Å². The lowest BCUT2D eigenvalue weighted by molar-refractivity contribution is -0.131. The highest BCUT2D eigenvalue weighted by atomic mass is 32.1. The maximum absolute atomic E-state index is 13.3. The minimum Gasteiger partial charge on any atom is -0.496 e. The highest BCUT2D eigenvalue weighted by Crippen LogP contribution is 2.40. The summed E-state index contributed by atoms with van der Waals surface area (Å²) in [5.41, 5.74) is 6.02. The van der Waals surface area contributed by atoms with Gasteiger partial charge in [-0.25, -0.2) is 4.98 Å². The van der Waals surface area contributed by atoms with Gasteiger partial charge in [-0.2, -0.15) is 0 Å². The molecule has 0 unspecified atom stereocenters. The van der Waals surface area contributed by atoms with E-state index in [0.717, 1.165) is 46.1 Å². The van der Waals surface area contributed by atoms with Gasteiger partial charge in [-0.3, -0.25) is 4.79 Å². The molecule has 0 radical (unpaired) electrons. The van der Waals surface area contributed by atoms with E-state index in [1.807, 2.05) is 41.6 Å². The van der Waals surface area contributed by atoms with Gasteiger partial charge < -0.3 is 19.1 Å². The molecule has 0 saturated heterocycles. The van der Waals surface area contributed by atoms with Gasteiger partial charge in [0.1, 0.15) is 12.4 Å². The summed E-state index contributed by atoms with van der Waals surface area (Å²) in [7, 11) is 1.66. The number of amides is 1. The first-order valence-electron chi connectivity index (χ1n) is 12.8. The first-order valence-corrected chi connectivity index (χ1v) is 14.5. The van der Waals surface area contributed by atoms with Gasteiger partial charge in [0, 0.05) is 39.6 Å². The van der Waals surface area contributed by atoms with E-state index in [9.17, 15) is 4.79 Å². The van der Waals surface area contributed by atoms with Crippen molar-refractivity contribution in [1.82, 2.24) is 9.88 Å². The Labute approximate surface area is 231 Å².